The van der Waals surface area contributed by atoms with E-state index in [0.717, 1.165) is 24.8 Å². The molecule has 61 heavy (non-hydrogen) atoms. The van der Waals surface area contributed by atoms with Crippen molar-refractivity contribution in [3.63, 3.8) is 0 Å². The van der Waals surface area contributed by atoms with Gasteiger partial charge in [0.25, 0.3) is 0 Å². The predicted molar refractivity (Wildman–Crippen MR) is 226 cm³/mol. The van der Waals surface area contributed by atoms with Gasteiger partial charge in [-0.05, 0) is 58.3 Å². The lowest BCUT2D eigenvalue weighted by atomic mass is 9.78. The van der Waals surface area contributed by atoms with E-state index in [2.05, 4.69) is 13.0 Å². The van der Waals surface area contributed by atoms with E-state index in [0.29, 0.717) is 38.5 Å². The number of cyclic esters (lactones) is 1. The van der Waals surface area contributed by atoms with Gasteiger partial charge in [-0.3, -0.25) is 0 Å². The van der Waals surface area contributed by atoms with Gasteiger partial charge in [-0.15, -0.1) is 0 Å². The third kappa shape index (κ3) is 15.1. The second-order valence-corrected chi connectivity index (χ2v) is 17.9. The molecule has 0 radical (unpaired) electrons. The molecule has 2 fully saturated rings. The highest BCUT2D eigenvalue weighted by atomic mass is 16.7. The van der Waals surface area contributed by atoms with Crippen LogP contribution in [0.4, 0.5) is 0 Å². The molecule has 15 nitrogen and oxygen atoms in total. The van der Waals surface area contributed by atoms with Crippen LogP contribution in [-0.2, 0) is 47.4 Å². The fourth-order valence-electron chi connectivity index (χ4n) is 9.52. The van der Waals surface area contributed by atoms with Gasteiger partial charge in [-0.2, -0.15) is 0 Å². The molecule has 0 saturated carbocycles. The molecule has 15 heteroatoms. The van der Waals surface area contributed by atoms with Crippen molar-refractivity contribution >= 4 is 5.97 Å². The minimum Gasteiger partial charge on any atom is -0.458 e. The summed E-state index contributed by atoms with van der Waals surface area (Å²) in [6, 6.07) is 0. The summed E-state index contributed by atoms with van der Waals surface area (Å²) >= 11 is 0. The SMILES string of the molecule is COC1CC(C)OC(CCC(C)C(O)C(C)C2OC(=O)C=CC(C)=CCC(OC3OCC(O)C(O)C3O)CC3C=CCC(CC(OC)C(CO)C(OC)CC(OC)C2C)O3)C1. The molecular weight excluding hydrogens is 792 g/mol. The average Bonchev–Trinajstić information content (AvgIpc) is 3.25. The van der Waals surface area contributed by atoms with Gasteiger partial charge in [0, 0.05) is 71.5 Å². The summed E-state index contributed by atoms with van der Waals surface area (Å²) in [5, 5.41) is 53.8. The Balaban J connectivity index is 1.63. The van der Waals surface area contributed by atoms with E-state index >= 15 is 0 Å². The Morgan fingerprint density at radius 1 is 0.836 bits per heavy atom. The minimum absolute atomic E-state index is 0.0272. The summed E-state index contributed by atoms with van der Waals surface area (Å²) in [4.78, 5) is 13.7. The van der Waals surface area contributed by atoms with Crippen LogP contribution >= 0.6 is 0 Å². The van der Waals surface area contributed by atoms with Gasteiger partial charge in [-0.1, -0.05) is 50.6 Å². The van der Waals surface area contributed by atoms with Crippen LogP contribution in [0.3, 0.4) is 0 Å². The van der Waals surface area contributed by atoms with E-state index in [9.17, 15) is 30.3 Å². The van der Waals surface area contributed by atoms with Crippen LogP contribution < -0.4 is 0 Å². The smallest absolute Gasteiger partial charge is 0.331 e. The topological polar surface area (TPSA) is 201 Å². The van der Waals surface area contributed by atoms with Gasteiger partial charge in [0.2, 0.25) is 0 Å². The van der Waals surface area contributed by atoms with Crippen molar-refractivity contribution in [2.24, 2.45) is 23.7 Å². The number of methoxy groups -OCH3 is 4. The van der Waals surface area contributed by atoms with E-state index in [-0.39, 0.29) is 49.7 Å². The number of carbonyl (C=O) groups is 1. The zero-order valence-corrected chi connectivity index (χ0v) is 38.0. The fraction of sp³-hybridized carbons (Fsp3) is 0.848. The second-order valence-electron chi connectivity index (χ2n) is 17.9. The third-order valence-corrected chi connectivity index (χ3v) is 13.4. The van der Waals surface area contributed by atoms with Gasteiger partial charge in [0.1, 0.15) is 24.4 Å². The lowest BCUT2D eigenvalue weighted by Crippen LogP contribution is -2.54. The molecule has 4 aliphatic heterocycles. The van der Waals surface area contributed by atoms with Crippen molar-refractivity contribution in [1.29, 1.82) is 0 Å². The van der Waals surface area contributed by atoms with Crippen molar-refractivity contribution in [3.8, 4) is 0 Å². The summed E-state index contributed by atoms with van der Waals surface area (Å²) in [5.74, 6) is -2.10. The van der Waals surface area contributed by atoms with Crippen LogP contribution in [0.25, 0.3) is 0 Å². The third-order valence-electron chi connectivity index (χ3n) is 13.4. The first kappa shape index (κ1) is 51.8. The van der Waals surface area contributed by atoms with Crippen LogP contribution in [0.5, 0.6) is 0 Å². The van der Waals surface area contributed by atoms with Gasteiger partial charge in [-0.25, -0.2) is 4.79 Å². The number of hydrogen-bond donors (Lipinski definition) is 5. The molecule has 352 valence electrons. The lowest BCUT2D eigenvalue weighted by Gasteiger charge is -2.40. The summed E-state index contributed by atoms with van der Waals surface area (Å²) in [6.45, 7) is 9.34. The van der Waals surface area contributed by atoms with E-state index in [1.54, 1.807) is 34.5 Å². The Hall–Kier alpha value is -1.83. The van der Waals surface area contributed by atoms with Crippen molar-refractivity contribution in [2.45, 2.75) is 184 Å². The molecule has 4 aliphatic rings. The average molecular weight is 871 g/mol. The normalized spacial score (nSPS) is 40.4. The number of esters is 1. The van der Waals surface area contributed by atoms with Crippen LogP contribution in [0.1, 0.15) is 92.4 Å². The number of fused-ring (bicyclic) bond motifs is 2. The van der Waals surface area contributed by atoms with Crippen LogP contribution in [0.2, 0.25) is 0 Å². The molecule has 0 aromatic rings. The van der Waals surface area contributed by atoms with Gasteiger partial charge in [0.15, 0.2) is 6.29 Å². The van der Waals surface area contributed by atoms with Crippen LogP contribution in [0, 0.1) is 23.7 Å². The van der Waals surface area contributed by atoms with Gasteiger partial charge >= 0.3 is 5.97 Å². The number of allylic oxidation sites excluding steroid dienone is 2. The van der Waals surface area contributed by atoms with Gasteiger partial charge < -0.3 is 68.2 Å². The van der Waals surface area contributed by atoms with E-state index in [4.69, 9.17) is 42.6 Å². The standard InChI is InChI=1S/C46H78O15/c1-26-13-16-34(60-46-44(52)43(51)37(48)25-57-46)20-31-11-10-12-32(59-31)22-39(55-8)36(24-47)40(56-9)23-38(54-7)29(4)45(61-41(49)18-14-26)30(5)42(50)27(2)15-17-33-21-35(53-6)19-28(3)58-33/h10-11,13-14,18,27-40,42-48,50-52H,12,15-17,19-25H2,1-9H3. The highest BCUT2D eigenvalue weighted by Crippen LogP contribution is 2.35. The van der Waals surface area contributed by atoms with Crippen LogP contribution in [0.15, 0.2) is 36.0 Å². The number of carbonyl (C=O) groups excluding carboxylic acids is 1. The molecule has 19 atom stereocenters. The Kier molecular flexibility index (Phi) is 21.7. The van der Waals surface area contributed by atoms with Crippen molar-refractivity contribution in [2.75, 3.05) is 41.7 Å². The maximum Gasteiger partial charge on any atom is 0.331 e. The number of aliphatic hydroxyl groups excluding tert-OH is 5. The van der Waals surface area contributed by atoms with E-state index in [1.165, 1.54) is 6.08 Å². The summed E-state index contributed by atoms with van der Waals surface area (Å²) < 4.78 is 54.8. The predicted octanol–water partition coefficient (Wildman–Crippen LogP) is 3.80. The highest BCUT2D eigenvalue weighted by molar-refractivity contribution is 5.82. The maximum absolute atomic E-state index is 13.7. The van der Waals surface area contributed by atoms with Crippen molar-refractivity contribution < 1.29 is 73.0 Å². The van der Waals surface area contributed by atoms with Crippen molar-refractivity contribution in [1.82, 2.24) is 0 Å². The molecule has 2 bridgehead atoms. The first-order valence-electron chi connectivity index (χ1n) is 22.4. The first-order chi connectivity index (χ1) is 29.1. The summed E-state index contributed by atoms with van der Waals surface area (Å²) in [6.07, 6.45) is 4.85. The zero-order valence-electron chi connectivity index (χ0n) is 38.0. The molecule has 0 aromatic carbocycles. The monoisotopic (exact) mass is 871 g/mol. The first-order valence-corrected chi connectivity index (χ1v) is 22.4. The Labute approximate surface area is 363 Å². The maximum atomic E-state index is 13.7. The molecule has 0 aliphatic carbocycles. The summed E-state index contributed by atoms with van der Waals surface area (Å²) in [5.41, 5.74) is 0.746. The molecular formula is C46H78O15. The fourth-order valence-corrected chi connectivity index (χ4v) is 9.52. The number of ether oxygens (including phenoxy) is 9. The number of aliphatic hydroxyl groups is 5. The summed E-state index contributed by atoms with van der Waals surface area (Å²) in [7, 11) is 6.54. The Morgan fingerprint density at radius 3 is 2.21 bits per heavy atom. The molecule has 0 amide bonds. The molecule has 19 unspecified atom stereocenters. The highest BCUT2D eigenvalue weighted by Gasteiger charge is 2.42. The molecule has 2 saturated heterocycles. The Morgan fingerprint density at radius 2 is 1.54 bits per heavy atom. The largest absolute Gasteiger partial charge is 0.458 e. The quantitative estimate of drug-likeness (QED) is 0.132. The van der Waals surface area contributed by atoms with Crippen molar-refractivity contribution in [3.05, 3.63) is 36.0 Å². The number of rotatable bonds is 13. The molecule has 5 N–H and O–H groups in total. The zero-order chi connectivity index (χ0) is 44.8. The molecule has 4 heterocycles. The van der Waals surface area contributed by atoms with E-state index < -0.39 is 84.9 Å². The Bertz CT molecular complexity index is 1380. The molecule has 4 rings (SSSR count). The number of hydrogen-bond acceptors (Lipinski definition) is 15. The minimum atomic E-state index is -1.47. The van der Waals surface area contributed by atoms with Gasteiger partial charge in [0.05, 0.1) is 74.3 Å². The molecule has 0 aromatic heterocycles. The van der Waals surface area contributed by atoms with Crippen LogP contribution in [-0.4, -0.2) is 165 Å². The lowest BCUT2D eigenvalue weighted by molar-refractivity contribution is -0.284. The molecule has 0 spiro atoms. The van der Waals surface area contributed by atoms with E-state index in [1.807, 2.05) is 39.8 Å². The second kappa shape index (κ2) is 25.6.